The van der Waals surface area contributed by atoms with Crippen LogP contribution in [0, 0.1) is 0 Å². The zero-order valence-electron chi connectivity index (χ0n) is 12.2. The van der Waals surface area contributed by atoms with Gasteiger partial charge in [-0.15, -0.1) is 0 Å². The van der Waals surface area contributed by atoms with Gasteiger partial charge in [0.2, 0.25) is 0 Å². The van der Waals surface area contributed by atoms with Gasteiger partial charge in [0.05, 0.1) is 17.7 Å². The molecule has 1 aromatic heterocycles. The summed E-state index contributed by atoms with van der Waals surface area (Å²) < 4.78 is 11.9. The SMILES string of the molecule is O=C(OCCCn1c(=O)oc2ccccc21)c1cccc(Cl)c1. The minimum Gasteiger partial charge on any atom is -0.462 e. The van der Waals surface area contributed by atoms with Crippen molar-refractivity contribution in [2.24, 2.45) is 0 Å². The van der Waals surface area contributed by atoms with E-state index >= 15 is 0 Å². The third-order valence-electron chi connectivity index (χ3n) is 3.39. The number of benzene rings is 2. The summed E-state index contributed by atoms with van der Waals surface area (Å²) in [5, 5.41) is 0.482. The Hall–Kier alpha value is -2.53. The van der Waals surface area contributed by atoms with Crippen LogP contribution in [0.4, 0.5) is 0 Å². The average molecular weight is 332 g/mol. The van der Waals surface area contributed by atoms with Crippen molar-refractivity contribution in [3.8, 4) is 0 Å². The lowest BCUT2D eigenvalue weighted by atomic mass is 10.2. The number of esters is 1. The number of hydrogen-bond donors (Lipinski definition) is 0. The molecule has 0 aliphatic carbocycles. The highest BCUT2D eigenvalue weighted by Gasteiger charge is 2.10. The minimum atomic E-state index is -0.433. The van der Waals surface area contributed by atoms with Gasteiger partial charge in [-0.2, -0.15) is 0 Å². The van der Waals surface area contributed by atoms with Crippen molar-refractivity contribution in [3.63, 3.8) is 0 Å². The number of ether oxygens (including phenoxy) is 1. The standard InChI is InChI=1S/C17H14ClNO4/c18-13-6-3-5-12(11-13)16(20)22-10-4-9-19-14-7-1-2-8-15(14)23-17(19)21/h1-3,5-8,11H,4,9-10H2. The van der Waals surface area contributed by atoms with Gasteiger partial charge >= 0.3 is 11.7 Å². The van der Waals surface area contributed by atoms with E-state index in [4.69, 9.17) is 20.8 Å². The normalized spacial score (nSPS) is 10.8. The zero-order chi connectivity index (χ0) is 16.2. The molecule has 118 valence electrons. The van der Waals surface area contributed by atoms with Crippen LogP contribution in [0.25, 0.3) is 11.1 Å². The Morgan fingerprint density at radius 3 is 2.83 bits per heavy atom. The summed E-state index contributed by atoms with van der Waals surface area (Å²) in [6.45, 7) is 0.621. The third-order valence-corrected chi connectivity index (χ3v) is 3.63. The van der Waals surface area contributed by atoms with E-state index in [1.807, 2.05) is 18.2 Å². The van der Waals surface area contributed by atoms with Gasteiger partial charge in [-0.25, -0.2) is 9.59 Å². The molecule has 3 aromatic rings. The third kappa shape index (κ3) is 3.46. The number of oxazole rings is 1. The maximum absolute atomic E-state index is 11.9. The number of nitrogens with zero attached hydrogens (tertiary/aromatic N) is 1. The van der Waals surface area contributed by atoms with Gasteiger partial charge in [-0.3, -0.25) is 4.57 Å². The van der Waals surface area contributed by atoms with Gasteiger partial charge in [0.1, 0.15) is 0 Å². The predicted octanol–water partition coefficient (Wildman–Crippen LogP) is 3.50. The summed E-state index contributed by atoms with van der Waals surface area (Å²) in [5.74, 6) is -0.843. The van der Waals surface area contributed by atoms with Gasteiger partial charge in [-0.05, 0) is 36.8 Å². The fourth-order valence-electron chi connectivity index (χ4n) is 2.31. The molecule has 0 spiro atoms. The quantitative estimate of drug-likeness (QED) is 0.530. The van der Waals surface area contributed by atoms with Crippen LogP contribution >= 0.6 is 11.6 Å². The van der Waals surface area contributed by atoms with Crippen molar-refractivity contribution < 1.29 is 13.9 Å². The molecule has 0 N–H and O–H groups in total. The van der Waals surface area contributed by atoms with Crippen LogP contribution in [0.5, 0.6) is 0 Å². The number of hydrogen-bond acceptors (Lipinski definition) is 4. The van der Waals surface area contributed by atoms with Gasteiger partial charge < -0.3 is 9.15 Å². The van der Waals surface area contributed by atoms with E-state index in [2.05, 4.69) is 0 Å². The predicted molar refractivity (Wildman–Crippen MR) is 86.8 cm³/mol. The summed E-state index contributed by atoms with van der Waals surface area (Å²) in [4.78, 5) is 23.7. The molecule has 0 bridgehead atoms. The first-order valence-electron chi connectivity index (χ1n) is 7.16. The second-order valence-corrected chi connectivity index (χ2v) is 5.42. The molecule has 2 aromatic carbocycles. The van der Waals surface area contributed by atoms with Gasteiger partial charge in [-0.1, -0.05) is 29.8 Å². The number of carbonyl (C=O) groups excluding carboxylic acids is 1. The molecular formula is C17H14ClNO4. The average Bonchev–Trinajstić information content (AvgIpc) is 2.87. The lowest BCUT2D eigenvalue weighted by Crippen LogP contribution is -2.16. The van der Waals surface area contributed by atoms with E-state index in [-0.39, 0.29) is 6.61 Å². The highest BCUT2D eigenvalue weighted by molar-refractivity contribution is 6.30. The van der Waals surface area contributed by atoms with E-state index in [1.54, 1.807) is 30.3 Å². The van der Waals surface area contributed by atoms with Gasteiger partial charge in [0.25, 0.3) is 0 Å². The molecule has 0 aliphatic rings. The fourth-order valence-corrected chi connectivity index (χ4v) is 2.50. The largest absolute Gasteiger partial charge is 0.462 e. The molecule has 1 heterocycles. The van der Waals surface area contributed by atoms with E-state index in [0.29, 0.717) is 29.1 Å². The molecule has 23 heavy (non-hydrogen) atoms. The van der Waals surface area contributed by atoms with Gasteiger partial charge in [0, 0.05) is 11.6 Å². The number of carbonyl (C=O) groups is 1. The summed E-state index contributed by atoms with van der Waals surface area (Å²) >= 11 is 5.83. The molecule has 0 atom stereocenters. The van der Waals surface area contributed by atoms with E-state index < -0.39 is 11.7 Å². The van der Waals surface area contributed by atoms with E-state index in [1.165, 1.54) is 4.57 Å². The monoisotopic (exact) mass is 331 g/mol. The fraction of sp³-hybridized carbons (Fsp3) is 0.176. The first kappa shape index (κ1) is 15.4. The highest BCUT2D eigenvalue weighted by atomic mass is 35.5. The van der Waals surface area contributed by atoms with Crippen molar-refractivity contribution >= 4 is 28.7 Å². The second-order valence-electron chi connectivity index (χ2n) is 4.99. The van der Waals surface area contributed by atoms with Crippen molar-refractivity contribution in [2.75, 3.05) is 6.61 Å². The van der Waals surface area contributed by atoms with Crippen molar-refractivity contribution in [3.05, 3.63) is 69.7 Å². The molecule has 0 fully saturated rings. The molecule has 0 saturated carbocycles. The number of fused-ring (bicyclic) bond motifs is 1. The maximum Gasteiger partial charge on any atom is 0.419 e. The Labute approximate surface area is 137 Å². The van der Waals surface area contributed by atoms with Crippen LogP contribution in [0.2, 0.25) is 5.02 Å². The Balaban J connectivity index is 1.58. The van der Waals surface area contributed by atoms with Crippen molar-refractivity contribution in [2.45, 2.75) is 13.0 Å². The highest BCUT2D eigenvalue weighted by Crippen LogP contribution is 2.13. The topological polar surface area (TPSA) is 61.4 Å². The molecule has 6 heteroatoms. The van der Waals surface area contributed by atoms with Gasteiger partial charge in [0.15, 0.2) is 5.58 Å². The molecule has 0 radical (unpaired) electrons. The molecule has 0 saturated heterocycles. The smallest absolute Gasteiger partial charge is 0.419 e. The number of aryl methyl sites for hydroxylation is 1. The number of rotatable bonds is 5. The van der Waals surface area contributed by atoms with Crippen LogP contribution in [0.15, 0.2) is 57.7 Å². The second kappa shape index (κ2) is 6.71. The summed E-state index contributed by atoms with van der Waals surface area (Å²) in [5.41, 5.74) is 1.69. The summed E-state index contributed by atoms with van der Waals surface area (Å²) in [6.07, 6.45) is 0.510. The van der Waals surface area contributed by atoms with Crippen LogP contribution in [-0.2, 0) is 11.3 Å². The Morgan fingerprint density at radius 2 is 2.00 bits per heavy atom. The van der Waals surface area contributed by atoms with Crippen LogP contribution < -0.4 is 5.76 Å². The van der Waals surface area contributed by atoms with E-state index in [0.717, 1.165) is 5.52 Å². The summed E-state index contributed by atoms with van der Waals surface area (Å²) in [7, 11) is 0. The van der Waals surface area contributed by atoms with Crippen LogP contribution in [-0.4, -0.2) is 17.1 Å². The lowest BCUT2D eigenvalue weighted by Gasteiger charge is -2.05. The number of halogens is 1. The number of para-hydroxylation sites is 2. The van der Waals surface area contributed by atoms with Crippen LogP contribution in [0.3, 0.4) is 0 Å². The Morgan fingerprint density at radius 1 is 1.17 bits per heavy atom. The molecule has 0 aliphatic heterocycles. The number of aromatic nitrogens is 1. The molecular weight excluding hydrogens is 318 g/mol. The lowest BCUT2D eigenvalue weighted by molar-refractivity contribution is 0.0496. The molecule has 0 amide bonds. The minimum absolute atomic E-state index is 0.206. The van der Waals surface area contributed by atoms with Crippen molar-refractivity contribution in [1.82, 2.24) is 4.57 Å². The molecule has 5 nitrogen and oxygen atoms in total. The molecule has 0 unspecified atom stereocenters. The molecule has 3 rings (SSSR count). The first-order valence-corrected chi connectivity index (χ1v) is 7.54. The summed E-state index contributed by atoms with van der Waals surface area (Å²) in [6, 6.07) is 13.8. The Kier molecular flexibility index (Phi) is 4.48. The maximum atomic E-state index is 11.9. The van der Waals surface area contributed by atoms with E-state index in [9.17, 15) is 9.59 Å². The van der Waals surface area contributed by atoms with Crippen molar-refractivity contribution in [1.29, 1.82) is 0 Å². The first-order chi connectivity index (χ1) is 11.1. The Bertz CT molecular complexity index is 897. The zero-order valence-corrected chi connectivity index (χ0v) is 13.0. The van der Waals surface area contributed by atoms with Crippen LogP contribution in [0.1, 0.15) is 16.8 Å².